The molecule has 1 aliphatic rings. The Balaban J connectivity index is 1.80. The van der Waals surface area contributed by atoms with Crippen LogP contribution in [0.15, 0.2) is 36.8 Å². The molecular formula is C16H18N4O4. The Morgan fingerprint density at radius 2 is 2.12 bits per heavy atom. The zero-order valence-corrected chi connectivity index (χ0v) is 13.0. The molecular weight excluding hydrogens is 312 g/mol. The van der Waals surface area contributed by atoms with E-state index in [4.69, 9.17) is 9.84 Å². The summed E-state index contributed by atoms with van der Waals surface area (Å²) >= 11 is 0. The van der Waals surface area contributed by atoms with Crippen LogP contribution in [-0.2, 0) is 9.53 Å². The lowest BCUT2D eigenvalue weighted by molar-refractivity contribution is -0.139. The number of amides is 1. The fourth-order valence-electron chi connectivity index (χ4n) is 2.81. The van der Waals surface area contributed by atoms with Gasteiger partial charge in [0.15, 0.2) is 0 Å². The molecule has 3 rings (SSSR count). The van der Waals surface area contributed by atoms with Gasteiger partial charge in [-0.15, -0.1) is 0 Å². The molecule has 0 aliphatic carbocycles. The fourth-order valence-corrected chi connectivity index (χ4v) is 2.81. The molecule has 8 nitrogen and oxygen atoms in total. The van der Waals surface area contributed by atoms with Crippen molar-refractivity contribution in [1.29, 1.82) is 0 Å². The summed E-state index contributed by atoms with van der Waals surface area (Å²) in [6, 6.07) is 5.14. The summed E-state index contributed by atoms with van der Waals surface area (Å²) in [5.41, 5.74) is 0.128. The minimum absolute atomic E-state index is 0.138. The van der Waals surface area contributed by atoms with Crippen molar-refractivity contribution in [3.05, 3.63) is 42.5 Å². The van der Waals surface area contributed by atoms with E-state index in [9.17, 15) is 9.59 Å². The highest BCUT2D eigenvalue weighted by Crippen LogP contribution is 2.25. The molecule has 0 atom stereocenters. The minimum Gasteiger partial charge on any atom is -0.481 e. The van der Waals surface area contributed by atoms with Crippen LogP contribution in [0.1, 0.15) is 29.8 Å². The van der Waals surface area contributed by atoms with E-state index in [2.05, 4.69) is 15.4 Å². The summed E-state index contributed by atoms with van der Waals surface area (Å²) in [5, 5.41) is 16.1. The standard InChI is InChI=1S/C16H18N4O4/c21-14(22)11-16(3-8-24-9-4-16)19-15(23)13-10-12(2-6-17-13)20-7-1-5-18-20/h1-2,5-7,10H,3-4,8-9,11H2,(H,19,23)(H,21,22). The molecule has 0 bridgehead atoms. The third-order valence-corrected chi connectivity index (χ3v) is 4.06. The van der Waals surface area contributed by atoms with Crippen molar-refractivity contribution in [2.75, 3.05) is 13.2 Å². The number of nitrogens with zero attached hydrogens (tertiary/aromatic N) is 3. The van der Waals surface area contributed by atoms with Gasteiger partial charge >= 0.3 is 5.97 Å². The maximum absolute atomic E-state index is 12.6. The number of ether oxygens (including phenoxy) is 1. The number of hydrogen-bond acceptors (Lipinski definition) is 5. The molecule has 1 saturated heterocycles. The third-order valence-electron chi connectivity index (χ3n) is 4.06. The summed E-state index contributed by atoms with van der Waals surface area (Å²) < 4.78 is 6.92. The van der Waals surface area contributed by atoms with Gasteiger partial charge < -0.3 is 15.2 Å². The van der Waals surface area contributed by atoms with Crippen molar-refractivity contribution < 1.29 is 19.4 Å². The molecule has 2 aromatic rings. The number of carboxylic acids is 1. The number of aromatic nitrogens is 3. The summed E-state index contributed by atoms with van der Waals surface area (Å²) in [6.45, 7) is 0.850. The molecule has 8 heteroatoms. The summed E-state index contributed by atoms with van der Waals surface area (Å²) in [4.78, 5) is 27.9. The highest BCUT2D eigenvalue weighted by molar-refractivity contribution is 5.93. The predicted octanol–water partition coefficient (Wildman–Crippen LogP) is 1.02. The molecule has 0 unspecified atom stereocenters. The molecule has 1 amide bonds. The van der Waals surface area contributed by atoms with Gasteiger partial charge in [-0.05, 0) is 31.0 Å². The van der Waals surface area contributed by atoms with Crippen molar-refractivity contribution in [2.24, 2.45) is 0 Å². The average Bonchev–Trinajstić information content (AvgIpc) is 3.09. The lowest BCUT2D eigenvalue weighted by Gasteiger charge is -2.36. The normalized spacial score (nSPS) is 16.5. The van der Waals surface area contributed by atoms with Gasteiger partial charge in [0, 0.05) is 31.8 Å². The van der Waals surface area contributed by atoms with Crippen molar-refractivity contribution in [3.63, 3.8) is 0 Å². The Kier molecular flexibility index (Phi) is 4.57. The van der Waals surface area contributed by atoms with E-state index in [0.29, 0.717) is 31.7 Å². The van der Waals surface area contributed by atoms with E-state index >= 15 is 0 Å². The van der Waals surface area contributed by atoms with E-state index in [1.54, 1.807) is 35.3 Å². The van der Waals surface area contributed by atoms with Crippen LogP contribution in [0.5, 0.6) is 0 Å². The Labute approximate surface area is 138 Å². The largest absolute Gasteiger partial charge is 0.481 e. The Morgan fingerprint density at radius 3 is 2.79 bits per heavy atom. The zero-order chi connectivity index (χ0) is 17.0. The first-order valence-electron chi connectivity index (χ1n) is 7.66. The highest BCUT2D eigenvalue weighted by Gasteiger charge is 2.36. The first-order chi connectivity index (χ1) is 11.6. The number of pyridine rings is 1. The quantitative estimate of drug-likeness (QED) is 0.848. The van der Waals surface area contributed by atoms with Crippen LogP contribution in [0.2, 0.25) is 0 Å². The molecule has 24 heavy (non-hydrogen) atoms. The van der Waals surface area contributed by atoms with Crippen LogP contribution in [0.3, 0.4) is 0 Å². The molecule has 1 fully saturated rings. The second-order valence-electron chi connectivity index (χ2n) is 5.77. The number of carboxylic acid groups (broad SMARTS) is 1. The lowest BCUT2D eigenvalue weighted by Crippen LogP contribution is -2.53. The van der Waals surface area contributed by atoms with Gasteiger partial charge in [0.2, 0.25) is 0 Å². The van der Waals surface area contributed by atoms with Crippen LogP contribution in [0, 0.1) is 0 Å². The van der Waals surface area contributed by atoms with Crippen molar-refractivity contribution >= 4 is 11.9 Å². The Morgan fingerprint density at radius 1 is 1.33 bits per heavy atom. The number of nitrogens with one attached hydrogen (secondary N) is 1. The smallest absolute Gasteiger partial charge is 0.305 e. The topological polar surface area (TPSA) is 106 Å². The van der Waals surface area contributed by atoms with Crippen LogP contribution in [0.4, 0.5) is 0 Å². The lowest BCUT2D eigenvalue weighted by atomic mass is 9.86. The average molecular weight is 330 g/mol. The number of rotatable bonds is 5. The monoisotopic (exact) mass is 330 g/mol. The maximum atomic E-state index is 12.6. The van der Waals surface area contributed by atoms with Gasteiger partial charge in [0.25, 0.3) is 5.91 Å². The first kappa shape index (κ1) is 16.1. The number of aliphatic carboxylic acids is 1. The number of hydrogen-bond donors (Lipinski definition) is 2. The Bertz CT molecular complexity index is 723. The van der Waals surface area contributed by atoms with Crippen molar-refractivity contribution in [2.45, 2.75) is 24.8 Å². The van der Waals surface area contributed by atoms with Gasteiger partial charge in [-0.25, -0.2) is 4.68 Å². The maximum Gasteiger partial charge on any atom is 0.305 e. The van der Waals surface area contributed by atoms with E-state index in [1.807, 2.05) is 0 Å². The molecule has 0 saturated carbocycles. The van der Waals surface area contributed by atoms with Gasteiger partial charge in [0.05, 0.1) is 17.6 Å². The molecule has 1 aliphatic heterocycles. The van der Waals surface area contributed by atoms with E-state index in [0.717, 1.165) is 0 Å². The second kappa shape index (κ2) is 6.79. The molecule has 3 heterocycles. The number of carbonyl (C=O) groups is 2. The summed E-state index contributed by atoms with van der Waals surface area (Å²) in [7, 11) is 0. The van der Waals surface area contributed by atoms with Gasteiger partial charge in [-0.3, -0.25) is 14.6 Å². The van der Waals surface area contributed by atoms with Gasteiger partial charge in [-0.1, -0.05) is 0 Å². The number of carbonyl (C=O) groups excluding carboxylic acids is 1. The molecule has 0 aromatic carbocycles. The summed E-state index contributed by atoms with van der Waals surface area (Å²) in [6.07, 6.45) is 5.72. The third kappa shape index (κ3) is 3.60. The first-order valence-corrected chi connectivity index (χ1v) is 7.66. The highest BCUT2D eigenvalue weighted by atomic mass is 16.5. The van der Waals surface area contributed by atoms with E-state index in [1.165, 1.54) is 6.20 Å². The molecule has 0 radical (unpaired) electrons. The molecule has 2 aromatic heterocycles. The van der Waals surface area contributed by atoms with Crippen LogP contribution >= 0.6 is 0 Å². The molecule has 126 valence electrons. The van der Waals surface area contributed by atoms with Crippen LogP contribution in [0.25, 0.3) is 5.69 Å². The Hall–Kier alpha value is -2.74. The van der Waals surface area contributed by atoms with Crippen LogP contribution < -0.4 is 5.32 Å². The fraction of sp³-hybridized carbons (Fsp3) is 0.375. The second-order valence-corrected chi connectivity index (χ2v) is 5.77. The van der Waals surface area contributed by atoms with Crippen LogP contribution in [-0.4, -0.2) is 50.5 Å². The zero-order valence-electron chi connectivity index (χ0n) is 13.0. The van der Waals surface area contributed by atoms with Gasteiger partial charge in [-0.2, -0.15) is 5.10 Å². The molecule has 2 N–H and O–H groups in total. The van der Waals surface area contributed by atoms with Crippen molar-refractivity contribution in [1.82, 2.24) is 20.1 Å². The van der Waals surface area contributed by atoms with E-state index in [-0.39, 0.29) is 12.1 Å². The van der Waals surface area contributed by atoms with Gasteiger partial charge in [0.1, 0.15) is 5.69 Å². The van der Waals surface area contributed by atoms with E-state index < -0.39 is 17.4 Å². The van der Waals surface area contributed by atoms with Crippen molar-refractivity contribution in [3.8, 4) is 5.69 Å². The summed E-state index contributed by atoms with van der Waals surface area (Å²) in [5.74, 6) is -1.34. The predicted molar refractivity (Wildman–Crippen MR) is 83.9 cm³/mol. The molecule has 0 spiro atoms. The SMILES string of the molecule is O=C(O)CC1(NC(=O)c2cc(-n3cccn3)ccn2)CCOCC1. The minimum atomic E-state index is -0.949.